The second-order valence-corrected chi connectivity index (χ2v) is 8.96. The van der Waals surface area contributed by atoms with Crippen molar-refractivity contribution in [3.05, 3.63) is 35.4 Å². The molecule has 9 heteroatoms. The molecule has 3 aliphatic rings. The molecule has 2 N–H and O–H groups in total. The van der Waals surface area contributed by atoms with Crippen LogP contribution in [0, 0.1) is 5.92 Å². The zero-order chi connectivity index (χ0) is 22.3. The van der Waals surface area contributed by atoms with Crippen molar-refractivity contribution in [1.82, 2.24) is 20.4 Å². The van der Waals surface area contributed by atoms with Crippen molar-refractivity contribution < 1.29 is 14.3 Å². The van der Waals surface area contributed by atoms with E-state index in [1.54, 1.807) is 31.3 Å². The number of carbonyl (C=O) groups excluding carboxylic acids is 2. The number of benzene rings is 1. The minimum atomic E-state index is -0.178. The normalized spacial score (nSPS) is 21.8. The third-order valence-corrected chi connectivity index (χ3v) is 6.67. The minimum absolute atomic E-state index is 0. The summed E-state index contributed by atoms with van der Waals surface area (Å²) in [5.41, 5.74) is 1.03. The van der Waals surface area contributed by atoms with Gasteiger partial charge in [0.15, 0.2) is 5.96 Å². The highest BCUT2D eigenvalue weighted by atomic mass is 127. The fourth-order valence-electron chi connectivity index (χ4n) is 4.78. The van der Waals surface area contributed by atoms with E-state index >= 15 is 0 Å². The molecular weight excluding hydrogens is 533 g/mol. The summed E-state index contributed by atoms with van der Waals surface area (Å²) in [6.07, 6.45) is 5.05. The standard InChI is InChI=1S/C24H35N5O3.HI/c1-25-24(27-19-8-13-28(14-9-19)16-18-10-15-32-17-18)26-11-4-5-12-29-22(30)20-6-2-3-7-21(20)23(29)31;/h2-3,6-7,18-19H,4-5,8-17H2,1H3,(H2,25,26,27);1H. The zero-order valence-corrected chi connectivity index (χ0v) is 21.8. The van der Waals surface area contributed by atoms with Gasteiger partial charge < -0.3 is 20.3 Å². The fraction of sp³-hybridized carbons (Fsp3) is 0.625. The lowest BCUT2D eigenvalue weighted by Crippen LogP contribution is -2.49. The number of carbonyl (C=O) groups is 2. The number of unbranched alkanes of at least 4 members (excludes halogenated alkanes) is 1. The fourth-order valence-corrected chi connectivity index (χ4v) is 4.78. The first-order valence-corrected chi connectivity index (χ1v) is 11.9. The van der Waals surface area contributed by atoms with E-state index in [1.165, 1.54) is 11.3 Å². The van der Waals surface area contributed by atoms with Crippen molar-refractivity contribution in [2.75, 3.05) is 53.0 Å². The van der Waals surface area contributed by atoms with Gasteiger partial charge >= 0.3 is 0 Å². The van der Waals surface area contributed by atoms with E-state index in [0.29, 0.717) is 29.6 Å². The number of amides is 2. The number of ether oxygens (including phenoxy) is 1. The van der Waals surface area contributed by atoms with Crippen LogP contribution in [0.25, 0.3) is 0 Å². The lowest BCUT2D eigenvalue weighted by atomic mass is 10.0. The highest BCUT2D eigenvalue weighted by molar-refractivity contribution is 14.0. The molecule has 0 aromatic heterocycles. The van der Waals surface area contributed by atoms with Crippen LogP contribution in [-0.2, 0) is 4.74 Å². The molecule has 2 saturated heterocycles. The zero-order valence-electron chi connectivity index (χ0n) is 19.4. The Morgan fingerprint density at radius 1 is 1.09 bits per heavy atom. The summed E-state index contributed by atoms with van der Waals surface area (Å²) < 4.78 is 5.50. The number of guanidine groups is 1. The molecule has 1 atom stereocenters. The molecule has 0 spiro atoms. The monoisotopic (exact) mass is 569 g/mol. The first-order chi connectivity index (χ1) is 15.7. The van der Waals surface area contributed by atoms with Crippen LogP contribution in [0.3, 0.4) is 0 Å². The van der Waals surface area contributed by atoms with Crippen molar-refractivity contribution in [2.24, 2.45) is 10.9 Å². The number of nitrogens with one attached hydrogen (secondary N) is 2. The Labute approximate surface area is 213 Å². The largest absolute Gasteiger partial charge is 0.381 e. The highest BCUT2D eigenvalue weighted by Crippen LogP contribution is 2.22. The number of fused-ring (bicyclic) bond motifs is 1. The van der Waals surface area contributed by atoms with Gasteiger partial charge in [-0.25, -0.2) is 0 Å². The molecule has 8 nitrogen and oxygen atoms in total. The summed E-state index contributed by atoms with van der Waals surface area (Å²) in [6.45, 7) is 6.43. The molecule has 182 valence electrons. The van der Waals surface area contributed by atoms with Crippen molar-refractivity contribution in [3.8, 4) is 0 Å². The molecule has 0 radical (unpaired) electrons. The molecule has 3 aliphatic heterocycles. The van der Waals surface area contributed by atoms with Crippen LogP contribution in [0.1, 0.15) is 52.8 Å². The third-order valence-electron chi connectivity index (χ3n) is 6.67. The molecule has 0 aliphatic carbocycles. The molecule has 1 aromatic rings. The average molecular weight is 569 g/mol. The smallest absolute Gasteiger partial charge is 0.261 e. The van der Waals surface area contributed by atoms with Gasteiger partial charge in [0.2, 0.25) is 0 Å². The minimum Gasteiger partial charge on any atom is -0.381 e. The second-order valence-electron chi connectivity index (χ2n) is 8.96. The van der Waals surface area contributed by atoms with Crippen LogP contribution in [0.5, 0.6) is 0 Å². The topological polar surface area (TPSA) is 86.3 Å². The van der Waals surface area contributed by atoms with Gasteiger partial charge in [-0.15, -0.1) is 24.0 Å². The molecule has 4 rings (SSSR count). The number of piperidine rings is 1. The van der Waals surface area contributed by atoms with Gasteiger partial charge in [-0.1, -0.05) is 12.1 Å². The van der Waals surface area contributed by atoms with Crippen LogP contribution < -0.4 is 10.6 Å². The Bertz CT molecular complexity index is 800. The van der Waals surface area contributed by atoms with Crippen molar-refractivity contribution >= 4 is 41.8 Å². The summed E-state index contributed by atoms with van der Waals surface area (Å²) in [5.74, 6) is 1.17. The van der Waals surface area contributed by atoms with Crippen LogP contribution in [0.2, 0.25) is 0 Å². The Hall–Kier alpha value is -1.72. The van der Waals surface area contributed by atoms with Gasteiger partial charge in [0.1, 0.15) is 0 Å². The van der Waals surface area contributed by atoms with E-state index in [-0.39, 0.29) is 35.8 Å². The van der Waals surface area contributed by atoms with Gasteiger partial charge in [0.05, 0.1) is 17.7 Å². The number of likely N-dealkylation sites (tertiary alicyclic amines) is 1. The summed E-state index contributed by atoms with van der Waals surface area (Å²) in [5, 5.41) is 6.92. The maximum atomic E-state index is 12.4. The molecule has 0 bridgehead atoms. The number of imide groups is 1. The van der Waals surface area contributed by atoms with Crippen LogP contribution >= 0.6 is 24.0 Å². The third kappa shape index (κ3) is 6.66. The molecule has 2 fully saturated rings. The number of hydrogen-bond acceptors (Lipinski definition) is 5. The first kappa shape index (κ1) is 25.9. The van der Waals surface area contributed by atoms with Crippen molar-refractivity contribution in [3.63, 3.8) is 0 Å². The predicted molar refractivity (Wildman–Crippen MR) is 139 cm³/mol. The highest BCUT2D eigenvalue weighted by Gasteiger charge is 2.34. The summed E-state index contributed by atoms with van der Waals surface area (Å²) in [4.78, 5) is 33.1. The summed E-state index contributed by atoms with van der Waals surface area (Å²) in [7, 11) is 1.79. The number of hydrogen-bond donors (Lipinski definition) is 2. The maximum Gasteiger partial charge on any atom is 0.261 e. The van der Waals surface area contributed by atoms with Gasteiger partial charge in [-0.2, -0.15) is 0 Å². The Balaban J connectivity index is 0.00000306. The molecule has 0 saturated carbocycles. The molecule has 33 heavy (non-hydrogen) atoms. The molecule has 1 unspecified atom stereocenters. The van der Waals surface area contributed by atoms with E-state index in [2.05, 4.69) is 20.5 Å². The van der Waals surface area contributed by atoms with Crippen molar-refractivity contribution in [1.29, 1.82) is 0 Å². The van der Waals surface area contributed by atoms with Crippen LogP contribution in [0.15, 0.2) is 29.3 Å². The molecule has 1 aromatic carbocycles. The summed E-state index contributed by atoms with van der Waals surface area (Å²) in [6, 6.07) is 7.48. The lowest BCUT2D eigenvalue weighted by Gasteiger charge is -2.34. The quantitative estimate of drug-likeness (QED) is 0.165. The first-order valence-electron chi connectivity index (χ1n) is 11.9. The Morgan fingerprint density at radius 3 is 2.39 bits per heavy atom. The lowest BCUT2D eigenvalue weighted by molar-refractivity contribution is 0.0652. The maximum absolute atomic E-state index is 12.4. The Morgan fingerprint density at radius 2 is 1.79 bits per heavy atom. The summed E-state index contributed by atoms with van der Waals surface area (Å²) >= 11 is 0. The van der Waals surface area contributed by atoms with E-state index in [4.69, 9.17) is 4.74 Å². The molecule has 2 amide bonds. The van der Waals surface area contributed by atoms with Gasteiger partial charge in [0, 0.05) is 52.4 Å². The SMILES string of the molecule is CN=C(NCCCCN1C(=O)c2ccccc2C1=O)NC1CCN(CC2CCOC2)CC1.I. The van der Waals surface area contributed by atoms with Gasteiger partial charge in [-0.3, -0.25) is 19.5 Å². The van der Waals surface area contributed by atoms with E-state index < -0.39 is 0 Å². The number of rotatable bonds is 8. The number of halogens is 1. The molecular formula is C24H36IN5O3. The van der Waals surface area contributed by atoms with Gasteiger partial charge in [-0.05, 0) is 50.2 Å². The molecule has 3 heterocycles. The van der Waals surface area contributed by atoms with E-state index in [1.807, 2.05) is 0 Å². The van der Waals surface area contributed by atoms with E-state index in [9.17, 15) is 9.59 Å². The van der Waals surface area contributed by atoms with Crippen molar-refractivity contribution in [2.45, 2.75) is 38.1 Å². The average Bonchev–Trinajstić information content (AvgIpc) is 3.41. The predicted octanol–water partition coefficient (Wildman–Crippen LogP) is 2.35. The van der Waals surface area contributed by atoms with Crippen LogP contribution in [0.4, 0.5) is 0 Å². The second kappa shape index (κ2) is 12.7. The number of nitrogens with zero attached hydrogens (tertiary/aromatic N) is 3. The Kier molecular flexibility index (Phi) is 9.94. The van der Waals surface area contributed by atoms with Crippen LogP contribution in [-0.4, -0.2) is 86.6 Å². The number of aliphatic imine (C=N–C) groups is 1. The van der Waals surface area contributed by atoms with E-state index in [0.717, 1.165) is 71.0 Å². The van der Waals surface area contributed by atoms with Gasteiger partial charge in [0.25, 0.3) is 11.8 Å².